The number of benzene rings is 1. The van der Waals surface area contributed by atoms with Crippen molar-refractivity contribution < 1.29 is 9.53 Å². The van der Waals surface area contributed by atoms with Crippen molar-refractivity contribution >= 4 is 41.6 Å². The van der Waals surface area contributed by atoms with E-state index in [0.717, 1.165) is 23.1 Å². The van der Waals surface area contributed by atoms with Crippen molar-refractivity contribution in [2.45, 2.75) is 26.3 Å². The maximum Gasteiger partial charge on any atom is 0.272 e. The zero-order chi connectivity index (χ0) is 16.6. The number of halogens is 2. The Labute approximate surface area is 160 Å². The Morgan fingerprint density at radius 3 is 2.64 bits per heavy atom. The Bertz CT molecular complexity index is 752. The van der Waals surface area contributed by atoms with E-state index in [0.29, 0.717) is 18.8 Å². The summed E-state index contributed by atoms with van der Waals surface area (Å²) in [6.07, 6.45) is 0.823. The van der Waals surface area contributed by atoms with Crippen molar-refractivity contribution in [1.82, 2.24) is 9.88 Å². The number of hydrogen-bond acceptors (Lipinski definition) is 4. The van der Waals surface area contributed by atoms with Crippen LogP contribution in [-0.4, -0.2) is 42.0 Å². The lowest BCUT2D eigenvalue weighted by atomic mass is 9.79. The topological polar surface area (TPSA) is 68.5 Å². The average molecular weight is 386 g/mol. The molecule has 1 unspecified atom stereocenters. The largest absolute Gasteiger partial charge is 0.497 e. The third kappa shape index (κ3) is 4.35. The van der Waals surface area contributed by atoms with Gasteiger partial charge in [-0.15, -0.1) is 24.8 Å². The third-order valence-corrected chi connectivity index (χ3v) is 4.71. The van der Waals surface area contributed by atoms with Gasteiger partial charge in [0, 0.05) is 24.5 Å². The number of carbonyl (C=O) groups is 1. The molecule has 0 radical (unpaired) electrons. The molecule has 2 N–H and O–H groups in total. The highest BCUT2D eigenvalue weighted by atomic mass is 35.5. The van der Waals surface area contributed by atoms with E-state index >= 15 is 0 Å². The summed E-state index contributed by atoms with van der Waals surface area (Å²) in [7, 11) is 1.63. The summed E-state index contributed by atoms with van der Waals surface area (Å²) in [5.41, 5.74) is 7.35. The molecular formula is C18H25Cl2N3O2. The summed E-state index contributed by atoms with van der Waals surface area (Å²) in [4.78, 5) is 19.1. The second-order valence-corrected chi connectivity index (χ2v) is 6.87. The van der Waals surface area contributed by atoms with Crippen LogP contribution in [0.3, 0.4) is 0 Å². The summed E-state index contributed by atoms with van der Waals surface area (Å²) in [6, 6.07) is 9.47. The van der Waals surface area contributed by atoms with E-state index in [4.69, 9.17) is 10.5 Å². The minimum absolute atomic E-state index is 0. The van der Waals surface area contributed by atoms with Crippen LogP contribution in [0.25, 0.3) is 10.9 Å². The average Bonchev–Trinajstić information content (AvgIpc) is 2.55. The molecular weight excluding hydrogens is 361 g/mol. The number of nitrogens with two attached hydrogens (primary N) is 1. The number of fused-ring (bicyclic) bond motifs is 1. The van der Waals surface area contributed by atoms with E-state index in [9.17, 15) is 4.79 Å². The normalized spacial score (nSPS) is 18.9. The van der Waals surface area contributed by atoms with Crippen LogP contribution in [0.2, 0.25) is 0 Å². The second-order valence-electron chi connectivity index (χ2n) is 6.87. The summed E-state index contributed by atoms with van der Waals surface area (Å²) in [6.45, 7) is 5.56. The highest BCUT2D eigenvalue weighted by Gasteiger charge is 2.35. The van der Waals surface area contributed by atoms with Crippen LogP contribution in [0.5, 0.6) is 5.75 Å². The molecule has 138 valence electrons. The fraction of sp³-hybridized carbons (Fsp3) is 0.444. The van der Waals surface area contributed by atoms with Crippen molar-refractivity contribution in [3.63, 3.8) is 0 Å². The van der Waals surface area contributed by atoms with Gasteiger partial charge in [-0.05, 0) is 36.1 Å². The quantitative estimate of drug-likeness (QED) is 0.860. The predicted octanol–water partition coefficient (Wildman–Crippen LogP) is 3.29. The number of hydrogen-bond donors (Lipinski definition) is 1. The Balaban J connectivity index is 0.00000156. The predicted molar refractivity (Wildman–Crippen MR) is 105 cm³/mol. The van der Waals surface area contributed by atoms with Gasteiger partial charge < -0.3 is 15.4 Å². The van der Waals surface area contributed by atoms with Crippen molar-refractivity contribution in [2.24, 2.45) is 11.1 Å². The zero-order valence-corrected chi connectivity index (χ0v) is 16.3. The Morgan fingerprint density at radius 1 is 1.28 bits per heavy atom. The highest BCUT2D eigenvalue weighted by molar-refractivity contribution is 5.95. The smallest absolute Gasteiger partial charge is 0.272 e. The standard InChI is InChI=1S/C18H23N3O2.2ClH/c1-18(2)11-21(9-8-16(18)19)17(22)15-6-4-12-10-13(23-3)5-7-14(12)20-15;;/h4-7,10,16H,8-9,11,19H2,1-3H3;2*1H. The maximum absolute atomic E-state index is 12.8. The molecule has 5 nitrogen and oxygen atoms in total. The van der Waals surface area contributed by atoms with Crippen LogP contribution in [0, 0.1) is 5.41 Å². The minimum atomic E-state index is -0.0713. The number of likely N-dealkylation sites (tertiary alicyclic amines) is 1. The van der Waals surface area contributed by atoms with Gasteiger partial charge in [-0.25, -0.2) is 4.98 Å². The van der Waals surface area contributed by atoms with E-state index in [1.807, 2.05) is 29.2 Å². The molecule has 2 heterocycles. The van der Waals surface area contributed by atoms with Gasteiger partial charge in [0.05, 0.1) is 12.6 Å². The molecule has 1 atom stereocenters. The van der Waals surface area contributed by atoms with Crippen LogP contribution in [-0.2, 0) is 0 Å². The summed E-state index contributed by atoms with van der Waals surface area (Å²) in [5, 5.41) is 0.960. The van der Waals surface area contributed by atoms with Gasteiger partial charge in [0.2, 0.25) is 0 Å². The lowest BCUT2D eigenvalue weighted by Gasteiger charge is -2.42. The van der Waals surface area contributed by atoms with Crippen LogP contribution in [0.4, 0.5) is 0 Å². The Kier molecular flexibility index (Phi) is 7.06. The van der Waals surface area contributed by atoms with Gasteiger partial charge >= 0.3 is 0 Å². The lowest BCUT2D eigenvalue weighted by Crippen LogP contribution is -2.54. The fourth-order valence-electron chi connectivity index (χ4n) is 3.06. The van der Waals surface area contributed by atoms with Gasteiger partial charge in [-0.3, -0.25) is 4.79 Å². The van der Waals surface area contributed by atoms with Crippen LogP contribution in [0.1, 0.15) is 30.8 Å². The number of piperidine rings is 1. The zero-order valence-electron chi connectivity index (χ0n) is 14.7. The number of ether oxygens (including phenoxy) is 1. The SMILES string of the molecule is COc1ccc2nc(C(=O)N3CCC(N)C(C)(C)C3)ccc2c1.Cl.Cl. The highest BCUT2D eigenvalue weighted by Crippen LogP contribution is 2.28. The van der Waals surface area contributed by atoms with Gasteiger partial charge in [0.15, 0.2) is 0 Å². The first-order chi connectivity index (χ1) is 10.9. The molecule has 1 aliphatic heterocycles. The number of pyridine rings is 1. The van der Waals surface area contributed by atoms with Crippen LogP contribution >= 0.6 is 24.8 Å². The van der Waals surface area contributed by atoms with Crippen molar-refractivity contribution in [3.8, 4) is 5.75 Å². The molecule has 1 aromatic carbocycles. The first-order valence-electron chi connectivity index (χ1n) is 7.90. The minimum Gasteiger partial charge on any atom is -0.497 e. The molecule has 0 bridgehead atoms. The number of aromatic nitrogens is 1. The fourth-order valence-corrected chi connectivity index (χ4v) is 3.06. The van der Waals surface area contributed by atoms with Gasteiger partial charge in [0.1, 0.15) is 11.4 Å². The summed E-state index contributed by atoms with van der Waals surface area (Å²) < 4.78 is 5.21. The van der Waals surface area contributed by atoms with E-state index in [-0.39, 0.29) is 42.2 Å². The first kappa shape index (κ1) is 21.5. The number of methoxy groups -OCH3 is 1. The van der Waals surface area contributed by atoms with Crippen molar-refractivity contribution in [3.05, 3.63) is 36.0 Å². The van der Waals surface area contributed by atoms with E-state index in [1.54, 1.807) is 13.2 Å². The van der Waals surface area contributed by atoms with Gasteiger partial charge in [-0.1, -0.05) is 19.9 Å². The van der Waals surface area contributed by atoms with Gasteiger partial charge in [0.25, 0.3) is 5.91 Å². The first-order valence-corrected chi connectivity index (χ1v) is 7.90. The molecule has 1 aliphatic rings. The molecule has 1 saturated heterocycles. The molecule has 25 heavy (non-hydrogen) atoms. The number of rotatable bonds is 2. The van der Waals surface area contributed by atoms with Crippen LogP contribution in [0.15, 0.2) is 30.3 Å². The summed E-state index contributed by atoms with van der Waals surface area (Å²) in [5.74, 6) is 0.757. The number of amides is 1. The molecule has 0 saturated carbocycles. The second kappa shape index (κ2) is 8.21. The molecule has 3 rings (SSSR count). The number of carbonyl (C=O) groups excluding carboxylic acids is 1. The summed E-state index contributed by atoms with van der Waals surface area (Å²) >= 11 is 0. The Morgan fingerprint density at radius 2 is 2.00 bits per heavy atom. The lowest BCUT2D eigenvalue weighted by molar-refractivity contribution is 0.0528. The molecule has 1 fully saturated rings. The van der Waals surface area contributed by atoms with Crippen LogP contribution < -0.4 is 10.5 Å². The van der Waals surface area contributed by atoms with Crippen molar-refractivity contribution in [2.75, 3.05) is 20.2 Å². The van der Waals surface area contributed by atoms with Gasteiger partial charge in [-0.2, -0.15) is 0 Å². The molecule has 2 aromatic rings. The molecule has 7 heteroatoms. The van der Waals surface area contributed by atoms with E-state index in [1.165, 1.54) is 0 Å². The molecule has 0 spiro atoms. The van der Waals surface area contributed by atoms with Crippen molar-refractivity contribution in [1.29, 1.82) is 0 Å². The van der Waals surface area contributed by atoms with E-state index < -0.39 is 0 Å². The van der Waals surface area contributed by atoms with E-state index in [2.05, 4.69) is 18.8 Å². The molecule has 0 aliphatic carbocycles. The monoisotopic (exact) mass is 385 g/mol. The Hall–Kier alpha value is -1.56. The maximum atomic E-state index is 12.8. The molecule has 1 aromatic heterocycles. The molecule has 1 amide bonds. The number of nitrogens with zero attached hydrogens (tertiary/aromatic N) is 2. The third-order valence-electron chi connectivity index (χ3n) is 4.71.